The number of carbonyl (C=O) groups excluding carboxylic acids is 1. The van der Waals surface area contributed by atoms with Gasteiger partial charge < -0.3 is 14.9 Å². The average molecular weight is 313 g/mol. The molecule has 0 aromatic heterocycles. The van der Waals surface area contributed by atoms with E-state index in [1.807, 2.05) is 11.9 Å². The van der Waals surface area contributed by atoms with E-state index in [2.05, 4.69) is 24.1 Å². The largest absolute Gasteiger partial charge is 0.377 e. The molecule has 1 aliphatic heterocycles. The summed E-state index contributed by atoms with van der Waals surface area (Å²) < 4.78 is 10.7. The SMILES string of the molecule is CCCCCCC1=CN(CCOCCOCC(=O)CC)NN1. The van der Waals surface area contributed by atoms with E-state index in [9.17, 15) is 4.79 Å². The van der Waals surface area contributed by atoms with E-state index in [4.69, 9.17) is 9.47 Å². The molecule has 1 rings (SSSR count). The third-order valence-electron chi connectivity index (χ3n) is 3.48. The van der Waals surface area contributed by atoms with E-state index < -0.39 is 0 Å². The number of rotatable bonds is 14. The lowest BCUT2D eigenvalue weighted by molar-refractivity contribution is -0.123. The highest BCUT2D eigenvalue weighted by Gasteiger charge is 2.09. The zero-order chi connectivity index (χ0) is 16.0. The van der Waals surface area contributed by atoms with E-state index in [0.29, 0.717) is 26.2 Å². The van der Waals surface area contributed by atoms with Crippen LogP contribution in [0, 0.1) is 0 Å². The first-order chi connectivity index (χ1) is 10.8. The first-order valence-electron chi connectivity index (χ1n) is 8.42. The van der Waals surface area contributed by atoms with Crippen LogP contribution in [0.1, 0.15) is 52.4 Å². The highest BCUT2D eigenvalue weighted by Crippen LogP contribution is 2.10. The Bertz CT molecular complexity index is 335. The Labute approximate surface area is 134 Å². The van der Waals surface area contributed by atoms with Crippen LogP contribution in [0.5, 0.6) is 0 Å². The Morgan fingerprint density at radius 3 is 2.73 bits per heavy atom. The van der Waals surface area contributed by atoms with E-state index in [-0.39, 0.29) is 12.4 Å². The number of ketones is 1. The molecule has 0 radical (unpaired) electrons. The summed E-state index contributed by atoms with van der Waals surface area (Å²) in [6.07, 6.45) is 8.82. The molecule has 0 aromatic carbocycles. The second-order valence-electron chi connectivity index (χ2n) is 5.45. The van der Waals surface area contributed by atoms with Crippen molar-refractivity contribution in [1.82, 2.24) is 16.0 Å². The predicted octanol–water partition coefficient (Wildman–Crippen LogP) is 2.14. The third kappa shape index (κ3) is 9.02. The monoisotopic (exact) mass is 313 g/mol. The van der Waals surface area contributed by atoms with Crippen molar-refractivity contribution >= 4 is 5.78 Å². The molecule has 0 aromatic rings. The molecule has 0 fully saturated rings. The topological polar surface area (TPSA) is 62.8 Å². The highest BCUT2D eigenvalue weighted by molar-refractivity contribution is 5.79. The van der Waals surface area contributed by atoms with Gasteiger partial charge in [-0.1, -0.05) is 33.1 Å². The maximum absolute atomic E-state index is 11.0. The molecule has 6 nitrogen and oxygen atoms in total. The van der Waals surface area contributed by atoms with Gasteiger partial charge in [0, 0.05) is 18.3 Å². The fraction of sp³-hybridized carbons (Fsp3) is 0.812. The van der Waals surface area contributed by atoms with E-state index in [1.165, 1.54) is 31.4 Å². The number of ether oxygens (including phenoxy) is 2. The molecule has 2 N–H and O–H groups in total. The lowest BCUT2D eigenvalue weighted by Gasteiger charge is -2.14. The summed E-state index contributed by atoms with van der Waals surface area (Å²) >= 11 is 0. The van der Waals surface area contributed by atoms with Gasteiger partial charge in [-0.05, 0) is 12.8 Å². The van der Waals surface area contributed by atoms with Crippen LogP contribution in [-0.2, 0) is 14.3 Å². The maximum atomic E-state index is 11.0. The number of Topliss-reactive ketones (excluding diaryl/α,β-unsaturated/α-hetero) is 1. The Morgan fingerprint density at radius 1 is 1.14 bits per heavy atom. The van der Waals surface area contributed by atoms with Gasteiger partial charge in [0.2, 0.25) is 0 Å². The van der Waals surface area contributed by atoms with Crippen LogP contribution in [0.25, 0.3) is 0 Å². The van der Waals surface area contributed by atoms with Gasteiger partial charge in [0.15, 0.2) is 5.78 Å². The number of nitrogens with one attached hydrogen (secondary N) is 2. The molecular weight excluding hydrogens is 282 g/mol. The number of carbonyl (C=O) groups is 1. The molecule has 0 saturated heterocycles. The number of allylic oxidation sites excluding steroid dienone is 1. The fourth-order valence-electron chi connectivity index (χ4n) is 2.06. The van der Waals surface area contributed by atoms with Gasteiger partial charge in [-0.15, -0.1) is 5.53 Å². The van der Waals surface area contributed by atoms with Crippen molar-refractivity contribution in [2.45, 2.75) is 52.4 Å². The smallest absolute Gasteiger partial charge is 0.158 e. The zero-order valence-electron chi connectivity index (χ0n) is 14.0. The van der Waals surface area contributed by atoms with Crippen LogP contribution in [0.2, 0.25) is 0 Å². The van der Waals surface area contributed by atoms with Gasteiger partial charge in [-0.2, -0.15) is 0 Å². The van der Waals surface area contributed by atoms with Crippen molar-refractivity contribution in [2.75, 3.05) is 33.0 Å². The summed E-state index contributed by atoms with van der Waals surface area (Å²) in [7, 11) is 0. The molecule has 22 heavy (non-hydrogen) atoms. The van der Waals surface area contributed by atoms with E-state index in [1.54, 1.807) is 0 Å². The molecule has 1 aliphatic rings. The lowest BCUT2D eigenvalue weighted by Crippen LogP contribution is -2.38. The number of unbranched alkanes of at least 4 members (excludes halogenated alkanes) is 3. The second-order valence-corrected chi connectivity index (χ2v) is 5.45. The minimum atomic E-state index is 0.129. The molecule has 1 heterocycles. The maximum Gasteiger partial charge on any atom is 0.158 e. The molecule has 0 atom stereocenters. The summed E-state index contributed by atoms with van der Waals surface area (Å²) in [4.78, 5) is 11.0. The molecule has 0 unspecified atom stereocenters. The van der Waals surface area contributed by atoms with Crippen LogP contribution in [0.4, 0.5) is 0 Å². The van der Waals surface area contributed by atoms with Gasteiger partial charge in [0.1, 0.15) is 6.61 Å². The normalized spacial score (nSPS) is 14.1. The Hall–Kier alpha value is -1.11. The van der Waals surface area contributed by atoms with E-state index >= 15 is 0 Å². The van der Waals surface area contributed by atoms with Crippen molar-refractivity contribution < 1.29 is 14.3 Å². The van der Waals surface area contributed by atoms with Crippen LogP contribution in [0.15, 0.2) is 11.9 Å². The minimum absolute atomic E-state index is 0.129. The van der Waals surface area contributed by atoms with Gasteiger partial charge in [0.05, 0.1) is 26.4 Å². The molecule has 6 heteroatoms. The molecular formula is C16H31N3O3. The summed E-state index contributed by atoms with van der Waals surface area (Å²) in [5.41, 5.74) is 7.52. The van der Waals surface area contributed by atoms with Gasteiger partial charge in [-0.3, -0.25) is 9.80 Å². The molecule has 0 bridgehead atoms. The number of hydrazine groups is 2. The molecule has 0 aliphatic carbocycles. The van der Waals surface area contributed by atoms with E-state index in [0.717, 1.165) is 13.0 Å². The highest BCUT2D eigenvalue weighted by atomic mass is 16.5. The summed E-state index contributed by atoms with van der Waals surface area (Å²) in [6.45, 7) is 6.65. The zero-order valence-corrected chi connectivity index (χ0v) is 14.0. The first kappa shape index (κ1) is 18.9. The third-order valence-corrected chi connectivity index (χ3v) is 3.48. The van der Waals surface area contributed by atoms with Crippen LogP contribution in [0.3, 0.4) is 0 Å². The Balaban J connectivity index is 1.95. The lowest BCUT2D eigenvalue weighted by atomic mass is 10.1. The molecule has 0 amide bonds. The van der Waals surface area contributed by atoms with Crippen molar-refractivity contribution in [3.8, 4) is 0 Å². The van der Waals surface area contributed by atoms with Crippen LogP contribution < -0.4 is 11.0 Å². The number of hydrogen-bond acceptors (Lipinski definition) is 6. The molecule has 0 spiro atoms. The number of hydrogen-bond donors (Lipinski definition) is 2. The van der Waals surface area contributed by atoms with Gasteiger partial charge >= 0.3 is 0 Å². The second kappa shape index (κ2) is 12.4. The Morgan fingerprint density at radius 2 is 1.95 bits per heavy atom. The average Bonchev–Trinajstić information content (AvgIpc) is 2.98. The molecule has 128 valence electrons. The first-order valence-corrected chi connectivity index (χ1v) is 8.42. The fourth-order valence-corrected chi connectivity index (χ4v) is 2.06. The number of nitrogens with zero attached hydrogens (tertiary/aromatic N) is 1. The quantitative estimate of drug-likeness (QED) is 0.479. The molecule has 0 saturated carbocycles. The summed E-state index contributed by atoms with van der Waals surface area (Å²) in [5.74, 6) is 0.129. The van der Waals surface area contributed by atoms with Crippen LogP contribution in [-0.4, -0.2) is 43.8 Å². The summed E-state index contributed by atoms with van der Waals surface area (Å²) in [5, 5.41) is 2.00. The predicted molar refractivity (Wildman–Crippen MR) is 86.8 cm³/mol. The van der Waals surface area contributed by atoms with Crippen LogP contribution >= 0.6 is 0 Å². The van der Waals surface area contributed by atoms with Gasteiger partial charge in [-0.25, -0.2) is 0 Å². The van der Waals surface area contributed by atoms with Crippen molar-refractivity contribution in [3.05, 3.63) is 11.9 Å². The standard InChI is InChI=1S/C16H31N3O3/c1-3-5-6-7-8-15-13-19(18-17-15)9-10-21-11-12-22-14-16(20)4-2/h13,17-18H,3-12,14H2,1-2H3. The van der Waals surface area contributed by atoms with Crippen molar-refractivity contribution in [1.29, 1.82) is 0 Å². The van der Waals surface area contributed by atoms with Gasteiger partial charge in [0.25, 0.3) is 0 Å². The minimum Gasteiger partial charge on any atom is -0.377 e. The summed E-state index contributed by atoms with van der Waals surface area (Å²) in [6, 6.07) is 0. The Kier molecular flexibility index (Phi) is 10.7. The van der Waals surface area contributed by atoms with Crippen molar-refractivity contribution in [3.63, 3.8) is 0 Å². The van der Waals surface area contributed by atoms with Crippen molar-refractivity contribution in [2.24, 2.45) is 0 Å².